The summed E-state index contributed by atoms with van der Waals surface area (Å²) in [6.45, 7) is 65.0. The molecular weight excluding hydrogens is 1120 g/mol. The van der Waals surface area contributed by atoms with Gasteiger partial charge in [0.25, 0.3) is 0 Å². The van der Waals surface area contributed by atoms with Crippen LogP contribution in [0, 0.1) is 70.5 Å². The summed E-state index contributed by atoms with van der Waals surface area (Å²) in [7, 11) is 6.01. The van der Waals surface area contributed by atoms with E-state index in [4.69, 9.17) is 9.47 Å². The van der Waals surface area contributed by atoms with Crippen molar-refractivity contribution in [2.45, 2.75) is 336 Å². The monoisotopic (exact) mass is 1280 g/mol. The van der Waals surface area contributed by atoms with E-state index in [1.165, 1.54) is 78.3 Å². The molecule has 1 atom stereocenters. The van der Waals surface area contributed by atoms with Gasteiger partial charge >= 0.3 is 24.1 Å². The lowest BCUT2D eigenvalue weighted by Gasteiger charge is -2.28. The number of alkyl halides is 3. The van der Waals surface area contributed by atoms with Crippen LogP contribution in [-0.4, -0.2) is 70.8 Å². The van der Waals surface area contributed by atoms with Crippen molar-refractivity contribution in [2.75, 3.05) is 35.0 Å². The van der Waals surface area contributed by atoms with Gasteiger partial charge in [0.05, 0.1) is 33.0 Å². The summed E-state index contributed by atoms with van der Waals surface area (Å²) in [5.41, 5.74) is 1.81. The van der Waals surface area contributed by atoms with Gasteiger partial charge in [-0.05, 0) is 143 Å². The van der Waals surface area contributed by atoms with Gasteiger partial charge in [-0.25, -0.2) is 0 Å². The van der Waals surface area contributed by atoms with E-state index in [2.05, 4.69) is 217 Å². The Morgan fingerprint density at radius 1 is 0.551 bits per heavy atom. The first-order valence-electron chi connectivity index (χ1n) is 34.3. The van der Waals surface area contributed by atoms with Crippen LogP contribution >= 0.6 is 0 Å². The molecule has 0 aromatic heterocycles. The van der Waals surface area contributed by atoms with E-state index in [1.807, 2.05) is 33.8 Å². The molecule has 0 radical (unpaired) electrons. The number of carbonyl (C=O) groups is 3. The minimum Gasteiger partial charge on any atom is -0.469 e. The van der Waals surface area contributed by atoms with Crippen molar-refractivity contribution in [3.63, 3.8) is 0 Å². The van der Waals surface area contributed by atoms with Crippen LogP contribution in [0.15, 0.2) is 36.4 Å². The average Bonchev–Trinajstić information content (AvgIpc) is 3.33. The highest BCUT2D eigenvalue weighted by Crippen LogP contribution is 2.32. The van der Waals surface area contributed by atoms with Gasteiger partial charge in [-0.15, -0.1) is 0 Å². The molecular formula is C78H159F3O8. The highest BCUT2D eigenvalue weighted by molar-refractivity contribution is 5.69. The molecule has 1 aliphatic carbocycles. The van der Waals surface area contributed by atoms with Crippen molar-refractivity contribution < 1.29 is 51.2 Å². The molecule has 0 bridgehead atoms. The van der Waals surface area contributed by atoms with Crippen LogP contribution in [0.3, 0.4) is 0 Å². The van der Waals surface area contributed by atoms with Crippen LogP contribution in [0.4, 0.5) is 13.2 Å². The number of rotatable bonds is 22. The van der Waals surface area contributed by atoms with Crippen molar-refractivity contribution in [3.05, 3.63) is 42.0 Å². The fraction of sp³-hybridized carbons (Fsp3) is 0.859. The molecule has 89 heavy (non-hydrogen) atoms. The number of halogens is 3. The highest BCUT2D eigenvalue weighted by atomic mass is 19.4. The van der Waals surface area contributed by atoms with Crippen molar-refractivity contribution >= 4 is 24.0 Å². The summed E-state index contributed by atoms with van der Waals surface area (Å²) < 4.78 is 57.6. The standard InChI is InChI=1S/C11H14.C11H24.C9H18O2.C8H16O2.C7H16O.C7H14.C6H12O2.C6H14O.C5H9F3.C4H10.C3H8.CH4/c1-10(2)8-9-11-6-4-3-5-7-11;1-9(2)7-10(3)8-11(4,5)6;1-8(2)6-4-5-7-9(10)11-3;1-7(2)5-4-6-8(9)10-3;1-6(2)8-7(3,4)5;1-6(2)7-4-3-5-7;1-5(2)4-6(7)8-3;1-6(2)4-5-7-3;1-4(2)3-5(6,7)8;1-4(2)3;1-3-2;/h3-10H,1-2H3;9-10H,7-8H2,1-6H3;8H,4-7H2,1-3H3;7H,4-6H2,1-3H3;6H,1-5H3;6-7H,3-5H2,1-2H3;5H,4H2,1-3H3;6H,4-5H2,1-3H3;4H,3H2,1-2H3;4H,1-3H3;3H2,1-2H3;1H4/b9-8+;;;;;;;;;;;. The molecule has 0 amide bonds. The van der Waals surface area contributed by atoms with Gasteiger partial charge in [0.1, 0.15) is 0 Å². The third kappa shape index (κ3) is 134. The Hall–Kier alpha value is -2.92. The third-order valence-electron chi connectivity index (χ3n) is 11.4. The molecule has 1 fully saturated rings. The highest BCUT2D eigenvalue weighted by Gasteiger charge is 2.28. The van der Waals surface area contributed by atoms with E-state index in [-0.39, 0.29) is 36.9 Å². The minimum absolute atomic E-state index is 0. The molecule has 0 N–H and O–H groups in total. The van der Waals surface area contributed by atoms with E-state index in [1.54, 1.807) is 21.0 Å². The van der Waals surface area contributed by atoms with Gasteiger partial charge in [0, 0.05) is 39.4 Å². The number of carbonyl (C=O) groups excluding carboxylic acids is 3. The molecule has 540 valence electrons. The Balaban J connectivity index is -0.0000000975. The van der Waals surface area contributed by atoms with Crippen LogP contribution < -0.4 is 0 Å². The Morgan fingerprint density at radius 3 is 1.17 bits per heavy atom. The zero-order chi connectivity index (χ0) is 71.2. The third-order valence-corrected chi connectivity index (χ3v) is 11.4. The zero-order valence-electron chi connectivity index (χ0n) is 64.9. The largest absolute Gasteiger partial charge is 0.469 e. The number of allylic oxidation sites excluding steroid dienone is 1. The molecule has 1 aliphatic rings. The number of esters is 3. The fourth-order valence-electron chi connectivity index (χ4n) is 7.53. The van der Waals surface area contributed by atoms with Crippen LogP contribution in [0.25, 0.3) is 6.08 Å². The summed E-state index contributed by atoms with van der Waals surface area (Å²) >= 11 is 0. The van der Waals surface area contributed by atoms with Crippen LogP contribution in [-0.2, 0) is 38.1 Å². The van der Waals surface area contributed by atoms with Crippen LogP contribution in [0.2, 0.25) is 0 Å². The molecule has 0 aliphatic heterocycles. The van der Waals surface area contributed by atoms with Gasteiger partial charge in [0.2, 0.25) is 0 Å². The van der Waals surface area contributed by atoms with Gasteiger partial charge in [0.15, 0.2) is 0 Å². The number of ether oxygens (including phenoxy) is 5. The molecule has 0 saturated heterocycles. The van der Waals surface area contributed by atoms with E-state index in [9.17, 15) is 27.6 Å². The molecule has 11 heteroatoms. The number of unbranched alkanes of at least 4 members (excludes halogenated alkanes) is 1. The molecule has 8 nitrogen and oxygen atoms in total. The van der Waals surface area contributed by atoms with Gasteiger partial charge in [-0.3, -0.25) is 14.4 Å². The number of benzene rings is 1. The summed E-state index contributed by atoms with van der Waals surface area (Å²) in [5.74, 6) is 7.26. The molecule has 0 spiro atoms. The lowest BCUT2D eigenvalue weighted by atomic mass is 9.78. The second-order valence-corrected chi connectivity index (χ2v) is 29.8. The maximum Gasteiger partial charge on any atom is 0.389 e. The maximum absolute atomic E-state index is 11.3. The van der Waals surface area contributed by atoms with E-state index in [0.717, 1.165) is 73.7 Å². The van der Waals surface area contributed by atoms with Gasteiger partial charge in [-0.1, -0.05) is 268 Å². The number of hydrogen-bond donors (Lipinski definition) is 0. The molecule has 0 heterocycles. The Bertz CT molecular complexity index is 1560. The second kappa shape index (κ2) is 70.9. The summed E-state index contributed by atoms with van der Waals surface area (Å²) in [5, 5.41) is 0. The van der Waals surface area contributed by atoms with Crippen molar-refractivity contribution in [2.24, 2.45) is 70.5 Å². The Morgan fingerprint density at radius 2 is 0.955 bits per heavy atom. The first-order chi connectivity index (χ1) is 40.1. The second-order valence-electron chi connectivity index (χ2n) is 29.8. The summed E-state index contributed by atoms with van der Waals surface area (Å²) in [6, 6.07) is 10.4. The predicted molar refractivity (Wildman–Crippen MR) is 389 cm³/mol. The summed E-state index contributed by atoms with van der Waals surface area (Å²) in [6.07, 6.45) is 16.7. The van der Waals surface area contributed by atoms with Gasteiger partial charge in [-0.2, -0.15) is 13.2 Å². The lowest BCUT2D eigenvalue weighted by molar-refractivity contribution is -0.142. The molecule has 2 rings (SSSR count). The SMILES string of the molecule is C.CC(C)/C=C/c1ccccc1.CC(C)C.CC(C)C1CCC1.CC(C)CC(C)CC(C)(C)C.CC(C)CC(F)(F)F.CC(C)OC(C)(C)C.CCC.COC(=O)CC(C)C.COC(=O)CCCC(C)C.COC(=O)CCCCC(C)C.COCCC(C)C. The minimum atomic E-state index is -3.98. The molecule has 1 aromatic rings. The molecule has 1 saturated carbocycles. The normalized spacial score (nSPS) is 12.0. The van der Waals surface area contributed by atoms with Crippen molar-refractivity contribution in [1.29, 1.82) is 0 Å². The van der Waals surface area contributed by atoms with E-state index < -0.39 is 12.6 Å². The number of hydrogen-bond acceptors (Lipinski definition) is 8. The first-order valence-corrected chi connectivity index (χ1v) is 34.3. The van der Waals surface area contributed by atoms with E-state index >= 15 is 0 Å². The number of methoxy groups -OCH3 is 4. The van der Waals surface area contributed by atoms with Crippen molar-refractivity contribution in [1.82, 2.24) is 0 Å². The molecule has 1 aromatic carbocycles. The zero-order valence-corrected chi connectivity index (χ0v) is 64.9. The average molecular weight is 1280 g/mol. The smallest absolute Gasteiger partial charge is 0.389 e. The van der Waals surface area contributed by atoms with Gasteiger partial charge < -0.3 is 23.7 Å². The fourth-order valence-corrected chi connectivity index (χ4v) is 7.53. The Labute approximate surface area is 556 Å². The lowest BCUT2D eigenvalue weighted by Crippen LogP contribution is -2.23. The van der Waals surface area contributed by atoms with Crippen molar-refractivity contribution in [3.8, 4) is 0 Å². The topological polar surface area (TPSA) is 97.4 Å². The maximum atomic E-state index is 11.3. The Kier molecular flexibility index (Phi) is 85.8. The molecule has 1 unspecified atom stereocenters. The first kappa shape index (κ1) is 108. The predicted octanol–water partition coefficient (Wildman–Crippen LogP) is 25.7. The van der Waals surface area contributed by atoms with Crippen LogP contribution in [0.5, 0.6) is 0 Å². The summed E-state index contributed by atoms with van der Waals surface area (Å²) in [4.78, 5) is 31.6. The quantitative estimate of drug-likeness (QED) is 0.0643. The van der Waals surface area contributed by atoms with Crippen LogP contribution in [0.1, 0.15) is 323 Å². The van der Waals surface area contributed by atoms with E-state index in [0.29, 0.717) is 48.5 Å².